The van der Waals surface area contributed by atoms with Gasteiger partial charge in [0, 0.05) is 5.56 Å². The molecule has 0 aliphatic carbocycles. The van der Waals surface area contributed by atoms with Crippen LogP contribution in [0.1, 0.15) is 29.4 Å². The number of hydrogen-bond acceptors (Lipinski definition) is 4. The summed E-state index contributed by atoms with van der Waals surface area (Å²) in [6, 6.07) is 0.551. The van der Waals surface area contributed by atoms with Crippen LogP contribution in [0, 0.1) is 17.5 Å². The first-order valence-electron chi connectivity index (χ1n) is 6.78. The van der Waals surface area contributed by atoms with Crippen LogP contribution in [0.25, 0.3) is 11.3 Å². The Morgan fingerprint density at radius 1 is 1.28 bits per heavy atom. The van der Waals surface area contributed by atoms with E-state index in [0.717, 1.165) is 0 Å². The zero-order valence-corrected chi connectivity index (χ0v) is 13.3. The van der Waals surface area contributed by atoms with Crippen molar-refractivity contribution >= 4 is 23.3 Å². The highest BCUT2D eigenvalue weighted by Crippen LogP contribution is 2.35. The van der Waals surface area contributed by atoms with Gasteiger partial charge in [0.05, 0.1) is 22.9 Å². The molecule has 0 saturated carbocycles. The number of hydrogen-bond donors (Lipinski definition) is 1. The summed E-state index contributed by atoms with van der Waals surface area (Å²) in [7, 11) is 0. The number of nitrogens with two attached hydrogens (primary N) is 1. The zero-order valence-electron chi connectivity index (χ0n) is 12.5. The molecule has 0 fully saturated rings. The van der Waals surface area contributed by atoms with Crippen LogP contribution >= 0.6 is 11.6 Å². The molecular formula is C15H10ClF5N2O2. The van der Waals surface area contributed by atoms with Crippen LogP contribution in [-0.2, 0) is 4.74 Å². The van der Waals surface area contributed by atoms with Crippen LogP contribution in [0.15, 0.2) is 12.1 Å². The SMILES string of the molecule is CCOC(=O)c1nc(-c2cc(F)c(C(F)F)cc2F)c(F)c(N)c1Cl. The molecule has 0 atom stereocenters. The summed E-state index contributed by atoms with van der Waals surface area (Å²) in [5, 5.41) is -0.565. The summed E-state index contributed by atoms with van der Waals surface area (Å²) in [5.41, 5.74) is 1.21. The van der Waals surface area contributed by atoms with Crippen LogP contribution < -0.4 is 5.73 Å². The summed E-state index contributed by atoms with van der Waals surface area (Å²) >= 11 is 5.73. The molecule has 1 aromatic carbocycles. The highest BCUT2D eigenvalue weighted by Gasteiger charge is 2.26. The lowest BCUT2D eigenvalue weighted by Gasteiger charge is -2.12. The molecule has 25 heavy (non-hydrogen) atoms. The number of nitrogens with zero attached hydrogens (tertiary/aromatic N) is 1. The maximum absolute atomic E-state index is 14.3. The Balaban J connectivity index is 2.71. The van der Waals surface area contributed by atoms with Gasteiger partial charge in [0.25, 0.3) is 6.43 Å². The van der Waals surface area contributed by atoms with Crippen molar-refractivity contribution < 1.29 is 31.5 Å². The van der Waals surface area contributed by atoms with E-state index in [1.54, 1.807) is 0 Å². The molecule has 10 heteroatoms. The Labute approximate surface area is 143 Å². The van der Waals surface area contributed by atoms with Crippen LogP contribution in [0.3, 0.4) is 0 Å². The quantitative estimate of drug-likeness (QED) is 0.626. The second-order valence-electron chi connectivity index (χ2n) is 4.73. The number of ether oxygens (including phenoxy) is 1. The molecule has 2 rings (SSSR count). The lowest BCUT2D eigenvalue weighted by atomic mass is 10.1. The highest BCUT2D eigenvalue weighted by atomic mass is 35.5. The van der Waals surface area contributed by atoms with E-state index in [-0.39, 0.29) is 12.7 Å². The fourth-order valence-electron chi connectivity index (χ4n) is 1.99. The Hall–Kier alpha value is -2.42. The van der Waals surface area contributed by atoms with Crippen molar-refractivity contribution in [1.82, 2.24) is 4.98 Å². The Morgan fingerprint density at radius 2 is 1.92 bits per heavy atom. The fourth-order valence-corrected chi connectivity index (χ4v) is 2.19. The first-order chi connectivity index (χ1) is 11.7. The number of carbonyl (C=O) groups excluding carboxylic acids is 1. The zero-order chi connectivity index (χ0) is 18.9. The predicted molar refractivity (Wildman–Crippen MR) is 79.9 cm³/mol. The molecule has 1 heterocycles. The first kappa shape index (κ1) is 18.9. The highest BCUT2D eigenvalue weighted by molar-refractivity contribution is 6.35. The third-order valence-corrected chi connectivity index (χ3v) is 3.54. The van der Waals surface area contributed by atoms with Crippen LogP contribution in [0.2, 0.25) is 5.02 Å². The van der Waals surface area contributed by atoms with E-state index >= 15 is 0 Å². The molecule has 0 aliphatic rings. The van der Waals surface area contributed by atoms with E-state index in [2.05, 4.69) is 9.72 Å². The van der Waals surface area contributed by atoms with Gasteiger partial charge in [-0.15, -0.1) is 0 Å². The minimum atomic E-state index is -3.27. The van der Waals surface area contributed by atoms with Crippen LogP contribution in [0.5, 0.6) is 0 Å². The van der Waals surface area contributed by atoms with Crippen molar-refractivity contribution in [1.29, 1.82) is 0 Å². The normalized spacial score (nSPS) is 11.0. The summed E-state index contributed by atoms with van der Waals surface area (Å²) in [4.78, 5) is 15.3. The molecule has 0 amide bonds. The molecule has 0 unspecified atom stereocenters. The Bertz CT molecular complexity index is 845. The summed E-state index contributed by atoms with van der Waals surface area (Å²) in [6.45, 7) is 1.42. The van der Waals surface area contributed by atoms with E-state index in [1.807, 2.05) is 0 Å². The topological polar surface area (TPSA) is 65.2 Å². The molecule has 2 N–H and O–H groups in total. The van der Waals surface area contributed by atoms with Gasteiger partial charge < -0.3 is 10.5 Å². The molecule has 0 radical (unpaired) electrons. The van der Waals surface area contributed by atoms with Crippen LogP contribution in [0.4, 0.5) is 27.6 Å². The number of rotatable bonds is 4. The number of alkyl halides is 2. The third kappa shape index (κ3) is 3.51. The number of halogens is 6. The largest absolute Gasteiger partial charge is 0.461 e. The van der Waals surface area contributed by atoms with E-state index < -0.39 is 63.1 Å². The number of carbonyl (C=O) groups is 1. The Kier molecular flexibility index (Phi) is 5.46. The maximum Gasteiger partial charge on any atom is 0.358 e. The van der Waals surface area contributed by atoms with Crippen molar-refractivity contribution in [2.24, 2.45) is 0 Å². The summed E-state index contributed by atoms with van der Waals surface area (Å²) < 4.78 is 71.9. The van der Waals surface area contributed by atoms with Crippen molar-refractivity contribution in [3.8, 4) is 11.3 Å². The van der Waals surface area contributed by atoms with Gasteiger partial charge in [-0.25, -0.2) is 31.7 Å². The molecule has 0 bridgehead atoms. The lowest BCUT2D eigenvalue weighted by Crippen LogP contribution is -2.12. The van der Waals surface area contributed by atoms with E-state index in [0.29, 0.717) is 6.07 Å². The van der Waals surface area contributed by atoms with E-state index in [9.17, 15) is 26.7 Å². The molecule has 134 valence electrons. The second-order valence-corrected chi connectivity index (χ2v) is 5.10. The predicted octanol–water partition coefficient (Wildman–Crippen LogP) is 4.52. The molecule has 0 saturated heterocycles. The number of nitrogen functional groups attached to an aromatic ring is 1. The van der Waals surface area contributed by atoms with Crippen molar-refractivity contribution in [3.05, 3.63) is 45.9 Å². The molecule has 1 aromatic heterocycles. The molecule has 0 aliphatic heterocycles. The first-order valence-corrected chi connectivity index (χ1v) is 7.15. The van der Waals surface area contributed by atoms with Crippen molar-refractivity contribution in [2.75, 3.05) is 12.3 Å². The van der Waals surface area contributed by atoms with Gasteiger partial charge in [0.15, 0.2) is 11.5 Å². The monoisotopic (exact) mass is 380 g/mol. The van der Waals surface area contributed by atoms with Gasteiger partial charge in [0.2, 0.25) is 0 Å². The Morgan fingerprint density at radius 3 is 2.48 bits per heavy atom. The smallest absolute Gasteiger partial charge is 0.358 e. The van der Waals surface area contributed by atoms with E-state index in [1.165, 1.54) is 6.92 Å². The average molecular weight is 381 g/mol. The molecular weight excluding hydrogens is 371 g/mol. The molecule has 4 nitrogen and oxygen atoms in total. The number of pyridine rings is 1. The lowest BCUT2D eigenvalue weighted by molar-refractivity contribution is 0.0519. The fraction of sp³-hybridized carbons (Fsp3) is 0.200. The minimum absolute atomic E-state index is 0.0600. The number of anilines is 1. The number of esters is 1. The maximum atomic E-state index is 14.3. The van der Waals surface area contributed by atoms with Gasteiger partial charge in [-0.1, -0.05) is 11.6 Å². The minimum Gasteiger partial charge on any atom is -0.461 e. The van der Waals surface area contributed by atoms with Crippen molar-refractivity contribution in [2.45, 2.75) is 13.3 Å². The van der Waals surface area contributed by atoms with Gasteiger partial charge in [-0.2, -0.15) is 0 Å². The number of aromatic nitrogens is 1. The van der Waals surface area contributed by atoms with Gasteiger partial charge in [-0.05, 0) is 19.1 Å². The third-order valence-electron chi connectivity index (χ3n) is 3.16. The number of benzene rings is 1. The molecule has 0 spiro atoms. The van der Waals surface area contributed by atoms with Crippen molar-refractivity contribution in [3.63, 3.8) is 0 Å². The molecule has 2 aromatic rings. The van der Waals surface area contributed by atoms with Gasteiger partial charge in [0.1, 0.15) is 17.3 Å². The summed E-state index contributed by atoms with van der Waals surface area (Å²) in [6.07, 6.45) is -3.27. The second kappa shape index (κ2) is 7.22. The van der Waals surface area contributed by atoms with Gasteiger partial charge >= 0.3 is 5.97 Å². The van der Waals surface area contributed by atoms with Gasteiger partial charge in [-0.3, -0.25) is 0 Å². The van der Waals surface area contributed by atoms with E-state index in [4.69, 9.17) is 17.3 Å². The van der Waals surface area contributed by atoms with Crippen LogP contribution in [-0.4, -0.2) is 17.6 Å². The average Bonchev–Trinajstić information content (AvgIpc) is 2.55. The summed E-state index contributed by atoms with van der Waals surface area (Å²) in [5.74, 6) is -5.25. The standard InChI is InChI=1S/C15H10ClF5N2O2/c1-2-25-15(24)13-9(16)11(22)10(19)12(23-13)5-3-8(18)6(14(20)21)4-7(5)17/h3-4,14H,2H2,1H3,(H2,22,23).